The van der Waals surface area contributed by atoms with Gasteiger partial charge in [-0.2, -0.15) is 5.10 Å². The Kier molecular flexibility index (Phi) is 4.44. The van der Waals surface area contributed by atoms with E-state index in [1.807, 2.05) is 0 Å². The molecule has 8 heteroatoms. The quantitative estimate of drug-likeness (QED) is 0.811. The predicted molar refractivity (Wildman–Crippen MR) is 80.7 cm³/mol. The minimum absolute atomic E-state index is 0.145. The van der Waals surface area contributed by atoms with Gasteiger partial charge in [-0.3, -0.25) is 9.48 Å². The molecule has 0 unspecified atom stereocenters. The molecule has 0 saturated carbocycles. The highest BCUT2D eigenvalue weighted by Crippen LogP contribution is 2.16. The first kappa shape index (κ1) is 14.9. The van der Waals surface area contributed by atoms with Crippen molar-refractivity contribution < 1.29 is 9.59 Å². The summed E-state index contributed by atoms with van der Waals surface area (Å²) >= 11 is 5.77. The number of nitrogens with one attached hydrogen (secondary N) is 3. The zero-order valence-electron chi connectivity index (χ0n) is 11.5. The van der Waals surface area contributed by atoms with E-state index >= 15 is 0 Å². The molecule has 0 radical (unpaired) electrons. The number of hydrogen-bond donors (Lipinski definition) is 3. The lowest BCUT2D eigenvalue weighted by molar-refractivity contribution is 0.0958. The van der Waals surface area contributed by atoms with E-state index in [2.05, 4.69) is 21.0 Å². The van der Waals surface area contributed by atoms with E-state index in [0.29, 0.717) is 16.4 Å². The van der Waals surface area contributed by atoms with Crippen LogP contribution in [0.2, 0.25) is 5.02 Å². The maximum absolute atomic E-state index is 11.9. The molecule has 3 amide bonds. The van der Waals surface area contributed by atoms with Crippen molar-refractivity contribution in [2.75, 3.05) is 17.7 Å². The Balaban J connectivity index is 2.09. The summed E-state index contributed by atoms with van der Waals surface area (Å²) in [6.07, 6.45) is 1.55. The van der Waals surface area contributed by atoms with E-state index in [-0.39, 0.29) is 11.6 Å². The molecule has 0 bridgehead atoms. The van der Waals surface area contributed by atoms with Crippen LogP contribution in [0.3, 0.4) is 0 Å². The molecule has 0 atom stereocenters. The van der Waals surface area contributed by atoms with Gasteiger partial charge in [-0.1, -0.05) is 11.6 Å². The van der Waals surface area contributed by atoms with Crippen molar-refractivity contribution in [3.63, 3.8) is 0 Å². The van der Waals surface area contributed by atoms with Crippen molar-refractivity contribution in [1.82, 2.24) is 15.1 Å². The molecule has 0 fully saturated rings. The summed E-state index contributed by atoms with van der Waals surface area (Å²) in [6, 6.07) is 6.19. The molecule has 2 rings (SSSR count). The molecule has 1 aromatic heterocycles. The third-order valence-corrected chi connectivity index (χ3v) is 2.87. The normalized spacial score (nSPS) is 10.0. The summed E-state index contributed by atoms with van der Waals surface area (Å²) in [5.41, 5.74) is 1.05. The number of anilines is 2. The van der Waals surface area contributed by atoms with E-state index in [1.54, 1.807) is 37.5 Å². The van der Waals surface area contributed by atoms with E-state index in [1.165, 1.54) is 11.7 Å². The average Bonchev–Trinajstić information content (AvgIpc) is 2.81. The minimum atomic E-state index is -0.476. The Morgan fingerprint density at radius 1 is 1.19 bits per heavy atom. The van der Waals surface area contributed by atoms with Crippen molar-refractivity contribution in [3.8, 4) is 0 Å². The highest BCUT2D eigenvalue weighted by molar-refractivity contribution is 6.30. The van der Waals surface area contributed by atoms with Crippen molar-refractivity contribution >= 4 is 34.9 Å². The zero-order valence-corrected chi connectivity index (χ0v) is 12.2. The Morgan fingerprint density at radius 2 is 1.86 bits per heavy atom. The number of amides is 3. The van der Waals surface area contributed by atoms with Gasteiger partial charge < -0.3 is 16.0 Å². The molecule has 1 heterocycles. The van der Waals surface area contributed by atoms with Gasteiger partial charge in [-0.05, 0) is 24.3 Å². The van der Waals surface area contributed by atoms with Gasteiger partial charge in [-0.25, -0.2) is 4.79 Å². The first-order valence-electron chi connectivity index (χ1n) is 6.09. The van der Waals surface area contributed by atoms with Crippen LogP contribution in [-0.4, -0.2) is 28.8 Å². The van der Waals surface area contributed by atoms with Crippen LogP contribution < -0.4 is 16.0 Å². The summed E-state index contributed by atoms with van der Waals surface area (Å²) in [5.74, 6) is -0.377. The monoisotopic (exact) mass is 307 g/mol. The number of rotatable bonds is 3. The van der Waals surface area contributed by atoms with Gasteiger partial charge in [0.25, 0.3) is 5.91 Å². The average molecular weight is 308 g/mol. The van der Waals surface area contributed by atoms with Gasteiger partial charge in [-0.15, -0.1) is 0 Å². The van der Waals surface area contributed by atoms with Crippen molar-refractivity contribution in [3.05, 3.63) is 41.2 Å². The molecule has 0 aliphatic heterocycles. The van der Waals surface area contributed by atoms with Crippen molar-refractivity contribution in [1.29, 1.82) is 0 Å². The largest absolute Gasteiger partial charge is 0.354 e. The molecule has 3 N–H and O–H groups in total. The van der Waals surface area contributed by atoms with Crippen LogP contribution in [0.5, 0.6) is 0 Å². The first-order chi connectivity index (χ1) is 9.99. The Bertz CT molecular complexity index is 666. The number of carbonyl (C=O) groups is 2. The number of aromatic nitrogens is 2. The molecule has 0 aliphatic carbocycles. The lowest BCUT2D eigenvalue weighted by Gasteiger charge is -2.07. The topological polar surface area (TPSA) is 88.1 Å². The molecular formula is C13H14ClN5O2. The molecule has 0 saturated heterocycles. The number of urea groups is 1. The van der Waals surface area contributed by atoms with Gasteiger partial charge in [0.15, 0.2) is 5.69 Å². The second-order valence-electron chi connectivity index (χ2n) is 4.23. The molecule has 1 aromatic carbocycles. The summed E-state index contributed by atoms with van der Waals surface area (Å²) in [6.45, 7) is 0. The highest BCUT2D eigenvalue weighted by Gasteiger charge is 2.16. The van der Waals surface area contributed by atoms with E-state index < -0.39 is 6.03 Å². The first-order valence-corrected chi connectivity index (χ1v) is 6.46. The molecule has 2 aromatic rings. The third kappa shape index (κ3) is 3.73. The van der Waals surface area contributed by atoms with Crippen LogP contribution >= 0.6 is 11.6 Å². The van der Waals surface area contributed by atoms with Crippen LogP contribution in [0.15, 0.2) is 30.5 Å². The van der Waals surface area contributed by atoms with Gasteiger partial charge >= 0.3 is 6.03 Å². The number of aryl methyl sites for hydroxylation is 1. The second kappa shape index (κ2) is 6.27. The smallest absolute Gasteiger partial charge is 0.323 e. The van der Waals surface area contributed by atoms with Crippen molar-refractivity contribution in [2.24, 2.45) is 7.05 Å². The molecular weight excluding hydrogens is 294 g/mol. The number of benzene rings is 1. The van der Waals surface area contributed by atoms with Crippen LogP contribution in [0.4, 0.5) is 16.2 Å². The van der Waals surface area contributed by atoms with Crippen molar-refractivity contribution in [2.45, 2.75) is 0 Å². The van der Waals surface area contributed by atoms with Crippen LogP contribution in [0, 0.1) is 0 Å². The zero-order chi connectivity index (χ0) is 15.4. The minimum Gasteiger partial charge on any atom is -0.354 e. The summed E-state index contributed by atoms with van der Waals surface area (Å²) in [7, 11) is 3.16. The molecule has 0 aliphatic rings. The van der Waals surface area contributed by atoms with Gasteiger partial charge in [0, 0.05) is 31.0 Å². The standard InChI is InChI=1S/C13H14ClN5O2/c1-15-12(20)11-10(7-19(2)18-11)17-13(21)16-9-5-3-8(14)4-6-9/h3-7H,1-2H3,(H,15,20)(H2,16,17,21). The highest BCUT2D eigenvalue weighted by atomic mass is 35.5. The summed E-state index contributed by atoms with van der Waals surface area (Å²) in [5, 5.41) is 12.3. The fourth-order valence-electron chi connectivity index (χ4n) is 1.68. The number of hydrogen-bond acceptors (Lipinski definition) is 3. The Labute approximate surface area is 126 Å². The maximum atomic E-state index is 11.9. The fourth-order valence-corrected chi connectivity index (χ4v) is 1.81. The third-order valence-electron chi connectivity index (χ3n) is 2.62. The lowest BCUT2D eigenvalue weighted by Crippen LogP contribution is -2.23. The van der Waals surface area contributed by atoms with Gasteiger partial charge in [0.2, 0.25) is 0 Å². The maximum Gasteiger partial charge on any atom is 0.323 e. The summed E-state index contributed by atoms with van der Waals surface area (Å²) < 4.78 is 1.45. The molecule has 7 nitrogen and oxygen atoms in total. The number of halogens is 1. The summed E-state index contributed by atoms with van der Waals surface area (Å²) in [4.78, 5) is 23.6. The van der Waals surface area contributed by atoms with E-state index in [0.717, 1.165) is 0 Å². The number of carbonyl (C=O) groups excluding carboxylic acids is 2. The SMILES string of the molecule is CNC(=O)c1nn(C)cc1NC(=O)Nc1ccc(Cl)cc1. The van der Waals surface area contributed by atoms with Crippen LogP contribution in [0.25, 0.3) is 0 Å². The van der Waals surface area contributed by atoms with Gasteiger partial charge in [0.1, 0.15) is 0 Å². The molecule has 110 valence electrons. The van der Waals surface area contributed by atoms with E-state index in [4.69, 9.17) is 11.6 Å². The van der Waals surface area contributed by atoms with Crippen LogP contribution in [0.1, 0.15) is 10.5 Å². The fraction of sp³-hybridized carbons (Fsp3) is 0.154. The molecule has 0 spiro atoms. The predicted octanol–water partition coefficient (Wildman–Crippen LogP) is 2.08. The Morgan fingerprint density at radius 3 is 2.48 bits per heavy atom. The second-order valence-corrected chi connectivity index (χ2v) is 4.67. The van der Waals surface area contributed by atoms with E-state index in [9.17, 15) is 9.59 Å². The van der Waals surface area contributed by atoms with Crippen LogP contribution in [-0.2, 0) is 7.05 Å². The number of nitrogens with zero attached hydrogens (tertiary/aromatic N) is 2. The lowest BCUT2D eigenvalue weighted by atomic mass is 10.3. The molecule has 21 heavy (non-hydrogen) atoms. The van der Waals surface area contributed by atoms with Gasteiger partial charge in [0.05, 0.1) is 5.69 Å². The Hall–Kier alpha value is -2.54.